The van der Waals surface area contributed by atoms with Crippen LogP contribution in [-0.4, -0.2) is 29.5 Å². The molecule has 0 aliphatic rings. The molecule has 0 saturated carbocycles. The van der Waals surface area contributed by atoms with E-state index < -0.39 is 5.97 Å². The van der Waals surface area contributed by atoms with Crippen molar-refractivity contribution in [2.24, 2.45) is 0 Å². The molecule has 0 bridgehead atoms. The molecule has 1 aromatic heterocycles. The van der Waals surface area contributed by atoms with Crippen molar-refractivity contribution in [3.05, 3.63) is 41.4 Å². The van der Waals surface area contributed by atoms with Crippen molar-refractivity contribution >= 4 is 23.5 Å². The fraction of sp³-hybridized carbons (Fsp3) is 0.267. The zero-order valence-corrected chi connectivity index (χ0v) is 12.9. The van der Waals surface area contributed by atoms with E-state index in [0.29, 0.717) is 10.6 Å². The van der Waals surface area contributed by atoms with Crippen molar-refractivity contribution in [1.29, 1.82) is 0 Å². The zero-order valence-electron chi connectivity index (χ0n) is 12.1. The lowest BCUT2D eigenvalue weighted by molar-refractivity contribution is -0.124. The summed E-state index contributed by atoms with van der Waals surface area (Å²) in [6.07, 6.45) is 1.13. The predicted molar refractivity (Wildman–Crippen MR) is 80.5 cm³/mol. The van der Waals surface area contributed by atoms with Crippen LogP contribution in [0, 0.1) is 0 Å². The highest BCUT2D eigenvalue weighted by molar-refractivity contribution is 6.33. The monoisotopic (exact) mass is 322 g/mol. The molecule has 6 nitrogen and oxygen atoms in total. The Kier molecular flexibility index (Phi) is 5.16. The van der Waals surface area contributed by atoms with Crippen LogP contribution >= 0.6 is 11.6 Å². The molecule has 0 spiro atoms. The van der Waals surface area contributed by atoms with Crippen molar-refractivity contribution < 1.29 is 18.7 Å². The smallest absolute Gasteiger partial charge is 0.361 e. The predicted octanol–water partition coefficient (Wildman–Crippen LogP) is 2.68. The number of benzene rings is 1. The Morgan fingerprint density at radius 1 is 1.36 bits per heavy atom. The van der Waals surface area contributed by atoms with Crippen LogP contribution in [0.5, 0.6) is 0 Å². The van der Waals surface area contributed by atoms with E-state index in [4.69, 9.17) is 20.8 Å². The quantitative estimate of drug-likeness (QED) is 0.856. The molecule has 1 aromatic carbocycles. The number of ether oxygens (including phenoxy) is 1. The average molecular weight is 323 g/mol. The van der Waals surface area contributed by atoms with E-state index in [2.05, 4.69) is 10.3 Å². The van der Waals surface area contributed by atoms with E-state index in [9.17, 15) is 9.59 Å². The summed E-state index contributed by atoms with van der Waals surface area (Å²) in [5.41, 5.74) is 0.505. The third-order valence-corrected chi connectivity index (χ3v) is 2.99. The Morgan fingerprint density at radius 2 is 2.09 bits per heavy atom. The lowest BCUT2D eigenvalue weighted by atomic mass is 10.1. The van der Waals surface area contributed by atoms with Crippen LogP contribution in [0.3, 0.4) is 0 Å². The second kappa shape index (κ2) is 7.09. The van der Waals surface area contributed by atoms with Crippen LogP contribution in [0.25, 0.3) is 11.3 Å². The summed E-state index contributed by atoms with van der Waals surface area (Å²) in [5.74, 6) is -0.923. The lowest BCUT2D eigenvalue weighted by Gasteiger charge is -2.08. The molecular formula is C15H15ClN2O4. The number of rotatable bonds is 5. The van der Waals surface area contributed by atoms with E-state index in [1.54, 1.807) is 24.3 Å². The number of oxazole rings is 1. The Hall–Kier alpha value is -2.34. The summed E-state index contributed by atoms with van der Waals surface area (Å²) in [4.78, 5) is 27.4. The summed E-state index contributed by atoms with van der Waals surface area (Å²) < 4.78 is 10.2. The first-order chi connectivity index (χ1) is 10.5. The van der Waals surface area contributed by atoms with Crippen LogP contribution in [0.4, 0.5) is 0 Å². The average Bonchev–Trinajstić information content (AvgIpc) is 2.94. The molecule has 0 radical (unpaired) electrons. The van der Waals surface area contributed by atoms with E-state index in [0.717, 1.165) is 6.39 Å². The third-order valence-electron chi connectivity index (χ3n) is 2.66. The van der Waals surface area contributed by atoms with Gasteiger partial charge in [-0.15, -0.1) is 0 Å². The second-order valence-electron chi connectivity index (χ2n) is 4.81. The van der Waals surface area contributed by atoms with Crippen LogP contribution in [-0.2, 0) is 9.53 Å². The van der Waals surface area contributed by atoms with Crippen LogP contribution in [0.2, 0.25) is 5.02 Å². The molecule has 0 aliphatic carbocycles. The van der Waals surface area contributed by atoms with Crippen molar-refractivity contribution in [3.63, 3.8) is 0 Å². The van der Waals surface area contributed by atoms with Gasteiger partial charge in [0.2, 0.25) is 0 Å². The minimum Gasteiger partial charge on any atom is -0.451 e. The maximum absolute atomic E-state index is 12.0. The van der Waals surface area contributed by atoms with Gasteiger partial charge in [-0.2, -0.15) is 0 Å². The van der Waals surface area contributed by atoms with Gasteiger partial charge in [0.25, 0.3) is 5.91 Å². The first-order valence-corrected chi connectivity index (χ1v) is 7.01. The van der Waals surface area contributed by atoms with E-state index in [1.165, 1.54) is 0 Å². The Labute approximate surface area is 132 Å². The molecule has 0 saturated heterocycles. The molecule has 1 N–H and O–H groups in total. The van der Waals surface area contributed by atoms with Crippen molar-refractivity contribution in [2.45, 2.75) is 19.9 Å². The van der Waals surface area contributed by atoms with Crippen molar-refractivity contribution in [1.82, 2.24) is 10.3 Å². The minimum atomic E-state index is -0.748. The normalized spacial score (nSPS) is 10.5. The third kappa shape index (κ3) is 3.85. The van der Waals surface area contributed by atoms with Gasteiger partial charge in [0, 0.05) is 11.6 Å². The number of aromatic nitrogens is 1. The lowest BCUT2D eigenvalue weighted by Crippen LogP contribution is -2.34. The van der Waals surface area contributed by atoms with Gasteiger partial charge in [0.05, 0.1) is 5.02 Å². The summed E-state index contributed by atoms with van der Waals surface area (Å²) in [6.45, 7) is 3.24. The second-order valence-corrected chi connectivity index (χ2v) is 5.22. The zero-order chi connectivity index (χ0) is 16.1. The Morgan fingerprint density at radius 3 is 2.77 bits per heavy atom. The van der Waals surface area contributed by atoms with Crippen LogP contribution in [0.15, 0.2) is 35.1 Å². The Balaban J connectivity index is 2.11. The molecular weight excluding hydrogens is 308 g/mol. The largest absolute Gasteiger partial charge is 0.451 e. The van der Waals surface area contributed by atoms with Gasteiger partial charge in [0.1, 0.15) is 0 Å². The molecule has 7 heteroatoms. The summed E-state index contributed by atoms with van der Waals surface area (Å²) in [7, 11) is 0. The first-order valence-electron chi connectivity index (χ1n) is 6.64. The number of hydrogen-bond donors (Lipinski definition) is 1. The van der Waals surface area contributed by atoms with Gasteiger partial charge in [-0.1, -0.05) is 23.7 Å². The number of esters is 1. The number of carbonyl (C=O) groups is 2. The molecule has 0 atom stereocenters. The molecule has 1 amide bonds. The molecule has 0 fully saturated rings. The van der Waals surface area contributed by atoms with Crippen molar-refractivity contribution in [2.75, 3.05) is 6.61 Å². The van der Waals surface area contributed by atoms with Gasteiger partial charge in [-0.05, 0) is 26.0 Å². The number of nitrogens with one attached hydrogen (secondary N) is 1. The maximum atomic E-state index is 12.0. The molecule has 1 heterocycles. The molecule has 2 rings (SSSR count). The minimum absolute atomic E-state index is 0.0227. The first kappa shape index (κ1) is 16.0. The fourth-order valence-corrected chi connectivity index (χ4v) is 2.01. The number of nitrogens with zero attached hydrogens (tertiary/aromatic N) is 1. The van der Waals surface area contributed by atoms with Gasteiger partial charge < -0.3 is 14.5 Å². The summed E-state index contributed by atoms with van der Waals surface area (Å²) in [6, 6.07) is 6.86. The maximum Gasteiger partial charge on any atom is 0.361 e. The van der Waals surface area contributed by atoms with Crippen LogP contribution in [0.1, 0.15) is 24.3 Å². The van der Waals surface area contributed by atoms with Gasteiger partial charge >= 0.3 is 5.97 Å². The molecule has 0 unspecified atom stereocenters. The highest BCUT2D eigenvalue weighted by atomic mass is 35.5. The van der Waals surface area contributed by atoms with E-state index in [-0.39, 0.29) is 30.0 Å². The highest BCUT2D eigenvalue weighted by Crippen LogP contribution is 2.30. The number of halogens is 1. The molecule has 2 aromatic rings. The van der Waals surface area contributed by atoms with Crippen molar-refractivity contribution in [3.8, 4) is 11.3 Å². The summed E-state index contributed by atoms with van der Waals surface area (Å²) >= 11 is 6.07. The van der Waals surface area contributed by atoms with E-state index in [1.807, 2.05) is 13.8 Å². The van der Waals surface area contributed by atoms with E-state index >= 15 is 0 Å². The Bertz CT molecular complexity index is 682. The molecule has 116 valence electrons. The number of carbonyl (C=O) groups excluding carboxylic acids is 2. The highest BCUT2D eigenvalue weighted by Gasteiger charge is 2.22. The number of amides is 1. The standard InChI is InChI=1S/C15H15ClN2O4/c1-9(2)18-12(19)7-21-15(20)13-14(22-8-17-13)10-5-3-4-6-11(10)16/h3-6,8-9H,7H2,1-2H3,(H,18,19). The van der Waals surface area contributed by atoms with Gasteiger partial charge in [-0.25, -0.2) is 9.78 Å². The van der Waals surface area contributed by atoms with Crippen LogP contribution < -0.4 is 5.32 Å². The number of hydrogen-bond acceptors (Lipinski definition) is 5. The topological polar surface area (TPSA) is 81.4 Å². The SMILES string of the molecule is CC(C)NC(=O)COC(=O)c1ncoc1-c1ccccc1Cl. The van der Waals surface area contributed by atoms with Gasteiger partial charge in [-0.3, -0.25) is 4.79 Å². The molecule has 22 heavy (non-hydrogen) atoms. The fourth-order valence-electron chi connectivity index (χ4n) is 1.79. The molecule has 0 aliphatic heterocycles. The summed E-state index contributed by atoms with van der Waals surface area (Å²) in [5, 5.41) is 3.04. The van der Waals surface area contributed by atoms with Gasteiger partial charge in [0.15, 0.2) is 24.5 Å².